The molecule has 318 valence electrons. The van der Waals surface area contributed by atoms with Gasteiger partial charge in [-0.1, -0.05) is 42.5 Å². The van der Waals surface area contributed by atoms with Gasteiger partial charge in [-0.3, -0.25) is 15.1 Å². The fourth-order valence-electron chi connectivity index (χ4n) is 2.92. The van der Waals surface area contributed by atoms with E-state index in [0.717, 1.165) is 25.9 Å². The van der Waals surface area contributed by atoms with Crippen molar-refractivity contribution >= 4 is 35.1 Å². The fourth-order valence-corrected chi connectivity index (χ4v) is 3.54. The monoisotopic (exact) mass is 863 g/mol. The molecule has 0 saturated carbocycles. The normalized spacial score (nSPS) is 10.6. The van der Waals surface area contributed by atoms with Gasteiger partial charge in [-0.05, 0) is 48.9 Å². The fraction of sp³-hybridized carbons (Fsp3) is 0.0976. The van der Waals surface area contributed by atoms with Crippen molar-refractivity contribution in [3.8, 4) is 0 Å². The van der Waals surface area contributed by atoms with Gasteiger partial charge in [-0.15, -0.1) is 43.1 Å². The molecule has 2 aliphatic heterocycles. The van der Waals surface area contributed by atoms with Gasteiger partial charge >= 0.3 is 0 Å². The van der Waals surface area contributed by atoms with Crippen molar-refractivity contribution in [1.82, 2.24) is 65.8 Å². The summed E-state index contributed by atoms with van der Waals surface area (Å²) >= 11 is 3.09. The lowest BCUT2D eigenvalue weighted by Crippen LogP contribution is -2.04. The molecular weight excluding hydrogens is 815 g/mol. The number of pyridine rings is 1. The molecule has 0 atom stereocenters. The molecule has 0 spiro atoms. The minimum atomic E-state index is 0.917. The zero-order valence-electron chi connectivity index (χ0n) is 33.2. The lowest BCUT2D eigenvalue weighted by atomic mass is 10.5. The standard InChI is InChI=1S/C5H5N.C5H6.C4H7N.C4H5N.C4H4O.3C3H4N2.C3H3NO.C3H3NS.C2H2N2O.C2H2N2S/c1-2-4-6-5-3-1;4*1-2-4-5-3-1;1-2-5-3-4-1;2*1-2-4-5-3-1;2*1-2-5-3-4-1;2*1-3-4-2-5-1/h1-5H;1-4H,5H2;1-2,5H,3-4H2;1-5H;1-4H;1-3H,(H,4,5);2-3H,1H2;1-3H,(H,4,5);2*1-3H;2*1-2H. The topological polar surface area (TPSA) is 240 Å². The molecule has 3 aliphatic rings. The average Bonchev–Trinajstić information content (AvgIpc) is 4.21. The van der Waals surface area contributed by atoms with Crippen molar-refractivity contribution in [1.29, 1.82) is 0 Å². The van der Waals surface area contributed by atoms with Gasteiger partial charge in [0.15, 0.2) is 6.39 Å². The molecule has 1 aliphatic carbocycles. The van der Waals surface area contributed by atoms with Crippen molar-refractivity contribution in [3.05, 3.63) is 213 Å². The van der Waals surface area contributed by atoms with Crippen LogP contribution >= 0.6 is 22.7 Å². The number of hydrogen-bond donors (Lipinski definition) is 4. The Morgan fingerprint density at radius 3 is 1.39 bits per heavy atom. The van der Waals surface area contributed by atoms with E-state index in [9.17, 15) is 0 Å². The van der Waals surface area contributed by atoms with Crippen LogP contribution in [0.3, 0.4) is 0 Å². The number of oxazole rings is 1. The summed E-state index contributed by atoms with van der Waals surface area (Å²) < 4.78 is 13.4. The molecule has 12 rings (SSSR count). The molecule has 0 radical (unpaired) electrons. The van der Waals surface area contributed by atoms with Crippen LogP contribution in [0.15, 0.2) is 237 Å². The number of aromatic nitrogens is 12. The molecular formula is C41H49N15O3S2. The van der Waals surface area contributed by atoms with Crippen molar-refractivity contribution in [2.75, 3.05) is 13.1 Å². The van der Waals surface area contributed by atoms with E-state index in [0.29, 0.717) is 0 Å². The summed E-state index contributed by atoms with van der Waals surface area (Å²) in [6.45, 7) is 2.14. The maximum Gasteiger partial charge on any atom is 0.203 e. The summed E-state index contributed by atoms with van der Waals surface area (Å²) in [5.41, 5.74) is 5.15. The van der Waals surface area contributed by atoms with Gasteiger partial charge < -0.3 is 28.5 Å². The van der Waals surface area contributed by atoms with E-state index in [1.807, 2.05) is 66.3 Å². The number of aromatic amines is 3. The number of nitrogens with one attached hydrogen (secondary N) is 4. The van der Waals surface area contributed by atoms with Crippen molar-refractivity contribution in [2.24, 2.45) is 10.2 Å². The highest BCUT2D eigenvalue weighted by molar-refractivity contribution is 7.07. The Bertz CT molecular complexity index is 1490. The van der Waals surface area contributed by atoms with Crippen molar-refractivity contribution in [3.63, 3.8) is 0 Å². The highest BCUT2D eigenvalue weighted by atomic mass is 32.1. The molecule has 0 amide bonds. The maximum atomic E-state index is 4.58. The first-order chi connectivity index (χ1) is 30.5. The van der Waals surface area contributed by atoms with E-state index >= 15 is 0 Å². The second kappa shape index (κ2) is 48.3. The molecule has 9 aromatic heterocycles. The van der Waals surface area contributed by atoms with Crippen LogP contribution in [0.5, 0.6) is 0 Å². The van der Waals surface area contributed by atoms with Crippen LogP contribution in [0.2, 0.25) is 0 Å². The first-order valence-corrected chi connectivity index (χ1v) is 19.9. The number of rotatable bonds is 0. The second-order valence-corrected chi connectivity index (χ2v) is 11.2. The molecule has 20 heteroatoms. The number of nitrogens with zero attached hydrogens (tertiary/aromatic N) is 11. The van der Waals surface area contributed by atoms with E-state index in [1.54, 1.807) is 109 Å². The quantitative estimate of drug-likeness (QED) is 0.104. The zero-order valence-corrected chi connectivity index (χ0v) is 34.8. The number of hydrogen-bond acceptors (Lipinski definition) is 17. The number of H-pyrrole nitrogens is 3. The van der Waals surface area contributed by atoms with Gasteiger partial charge in [0.05, 0.1) is 30.6 Å². The SMILES string of the molecule is C1=CCC=C1.C1=CCNC1.C1=NN=CC1.c1c[nH]cn1.c1cc[nH]c1.c1ccncc1.c1ccoc1.c1cn[nH]c1.c1cocn1.c1cscn1.c1nnco1.c1nncs1. The van der Waals surface area contributed by atoms with E-state index < -0.39 is 0 Å². The third-order valence-electron chi connectivity index (χ3n) is 5.35. The molecule has 0 saturated heterocycles. The van der Waals surface area contributed by atoms with Crippen LogP contribution in [-0.4, -0.2) is 86.0 Å². The molecule has 0 unspecified atom stereocenters. The summed E-state index contributed by atoms with van der Waals surface area (Å²) in [6.07, 6.45) is 46.0. The van der Waals surface area contributed by atoms with Crippen LogP contribution in [0.4, 0.5) is 0 Å². The zero-order chi connectivity index (χ0) is 43.1. The summed E-state index contributed by atoms with van der Waals surface area (Å²) in [5, 5.41) is 31.9. The predicted molar refractivity (Wildman–Crippen MR) is 240 cm³/mol. The van der Waals surface area contributed by atoms with Crippen molar-refractivity contribution < 1.29 is 13.3 Å². The Labute approximate surface area is 362 Å². The summed E-state index contributed by atoms with van der Waals surface area (Å²) in [6, 6.07) is 15.1. The summed E-state index contributed by atoms with van der Waals surface area (Å²) in [7, 11) is 0. The summed E-state index contributed by atoms with van der Waals surface area (Å²) in [5.74, 6) is 0. The van der Waals surface area contributed by atoms with E-state index in [2.05, 4.69) is 126 Å². The molecule has 0 fully saturated rings. The second-order valence-electron chi connectivity index (χ2n) is 9.79. The highest BCUT2D eigenvalue weighted by Crippen LogP contribution is 1.93. The first kappa shape index (κ1) is 51.2. The van der Waals surface area contributed by atoms with Crippen LogP contribution < -0.4 is 5.32 Å². The Hall–Kier alpha value is -7.81. The van der Waals surface area contributed by atoms with Crippen molar-refractivity contribution in [2.45, 2.75) is 12.8 Å². The third kappa shape index (κ3) is 46.5. The Morgan fingerprint density at radius 2 is 1.20 bits per heavy atom. The molecule has 9 aromatic rings. The lowest BCUT2D eigenvalue weighted by molar-refractivity contribution is 0.553. The Kier molecular flexibility index (Phi) is 40.6. The molecule has 11 heterocycles. The van der Waals surface area contributed by atoms with E-state index in [4.69, 9.17) is 0 Å². The minimum Gasteiger partial charge on any atom is -0.473 e. The van der Waals surface area contributed by atoms with Crippen LogP contribution in [-0.2, 0) is 0 Å². The average molecular weight is 864 g/mol. The third-order valence-corrected chi connectivity index (χ3v) is 6.30. The molecule has 18 nitrogen and oxygen atoms in total. The van der Waals surface area contributed by atoms with E-state index in [-0.39, 0.29) is 0 Å². The molecule has 4 N–H and O–H groups in total. The van der Waals surface area contributed by atoms with E-state index in [1.165, 1.54) is 36.8 Å². The number of furan rings is 1. The highest BCUT2D eigenvalue weighted by Gasteiger charge is 1.81. The smallest absolute Gasteiger partial charge is 0.203 e. The molecule has 0 aromatic carbocycles. The largest absolute Gasteiger partial charge is 0.473 e. The minimum absolute atomic E-state index is 0.917. The van der Waals surface area contributed by atoms with Crippen LogP contribution in [0.1, 0.15) is 12.8 Å². The predicted octanol–water partition coefficient (Wildman–Crippen LogP) is 8.72. The Balaban J connectivity index is 0.000000333. The van der Waals surface area contributed by atoms with Gasteiger partial charge in [0.2, 0.25) is 12.8 Å². The lowest BCUT2D eigenvalue weighted by Gasteiger charge is -1.77. The summed E-state index contributed by atoms with van der Waals surface area (Å²) in [4.78, 5) is 20.4. The van der Waals surface area contributed by atoms with Crippen LogP contribution in [0.25, 0.3) is 0 Å². The number of thiazole rings is 1. The Morgan fingerprint density at radius 1 is 0.459 bits per heavy atom. The number of allylic oxidation sites excluding steroid dienone is 4. The van der Waals surface area contributed by atoms with Gasteiger partial charge in [-0.2, -0.15) is 15.3 Å². The van der Waals surface area contributed by atoms with Gasteiger partial charge in [0, 0.05) is 93.1 Å². The van der Waals surface area contributed by atoms with Gasteiger partial charge in [-0.25, -0.2) is 9.97 Å². The van der Waals surface area contributed by atoms with Crippen LogP contribution in [0, 0.1) is 0 Å². The first-order valence-electron chi connectivity index (χ1n) is 18.0. The number of imidazole rings is 1. The maximum absolute atomic E-state index is 4.58. The molecule has 61 heavy (non-hydrogen) atoms. The van der Waals surface area contributed by atoms with Gasteiger partial charge in [0.1, 0.15) is 17.3 Å². The molecule has 0 bridgehead atoms. The van der Waals surface area contributed by atoms with Gasteiger partial charge in [0.25, 0.3) is 0 Å².